The Morgan fingerprint density at radius 3 is 2.75 bits per heavy atom. The molecule has 3 aromatic rings. The highest BCUT2D eigenvalue weighted by Gasteiger charge is 2.13. The summed E-state index contributed by atoms with van der Waals surface area (Å²) in [5.74, 6) is 0.153. The lowest BCUT2D eigenvalue weighted by Gasteiger charge is -2.07. The number of pyridine rings is 1. The smallest absolute Gasteiger partial charge is 0.215 e. The van der Waals surface area contributed by atoms with Crippen LogP contribution in [0.25, 0.3) is 16.9 Å². The van der Waals surface area contributed by atoms with Gasteiger partial charge in [0.15, 0.2) is 5.65 Å². The molecule has 7 heteroatoms. The van der Waals surface area contributed by atoms with Crippen LogP contribution in [0, 0.1) is 5.82 Å². The van der Waals surface area contributed by atoms with Crippen LogP contribution < -0.4 is 10.5 Å². The molecule has 0 radical (unpaired) electrons. The largest absolute Gasteiger partial charge is 0.481 e. The van der Waals surface area contributed by atoms with E-state index in [-0.39, 0.29) is 11.0 Å². The summed E-state index contributed by atoms with van der Waals surface area (Å²) < 4.78 is 20.1. The van der Waals surface area contributed by atoms with E-state index in [1.807, 2.05) is 0 Å². The molecule has 5 nitrogen and oxygen atoms in total. The summed E-state index contributed by atoms with van der Waals surface area (Å²) in [6.07, 6.45) is 0. The Hall–Kier alpha value is -2.34. The molecule has 0 aliphatic heterocycles. The number of ether oxygens (including phenoxy) is 1. The van der Waals surface area contributed by atoms with E-state index in [1.54, 1.807) is 18.2 Å². The van der Waals surface area contributed by atoms with Crippen molar-refractivity contribution in [1.82, 2.24) is 14.5 Å². The molecule has 0 fully saturated rings. The Morgan fingerprint density at radius 2 is 2.05 bits per heavy atom. The summed E-state index contributed by atoms with van der Waals surface area (Å²) in [5.41, 5.74) is 7.40. The molecule has 102 valence electrons. The number of hydrogen-bond donors (Lipinski definition) is 1. The number of rotatable bonds is 2. The number of nitrogen functional groups attached to an aromatic ring is 1. The minimum Gasteiger partial charge on any atom is -0.481 e. The number of aromatic nitrogens is 3. The number of hydrogen-bond acceptors (Lipinski definition) is 4. The third-order valence-corrected chi connectivity index (χ3v) is 3.04. The summed E-state index contributed by atoms with van der Waals surface area (Å²) in [5, 5.41) is 0.268. The predicted octanol–water partition coefficient (Wildman–Crippen LogP) is 2.80. The molecule has 0 aliphatic rings. The number of methoxy groups -OCH3 is 1. The first-order chi connectivity index (χ1) is 9.58. The van der Waals surface area contributed by atoms with Crippen LogP contribution in [0.15, 0.2) is 30.3 Å². The Labute approximate surface area is 118 Å². The molecule has 0 aliphatic carbocycles. The van der Waals surface area contributed by atoms with E-state index in [9.17, 15) is 4.39 Å². The molecule has 0 amide bonds. The van der Waals surface area contributed by atoms with E-state index in [4.69, 9.17) is 22.1 Å². The zero-order valence-electron chi connectivity index (χ0n) is 10.5. The highest BCUT2D eigenvalue weighted by molar-refractivity contribution is 6.30. The van der Waals surface area contributed by atoms with Crippen LogP contribution in [0.4, 0.5) is 10.3 Å². The summed E-state index contributed by atoms with van der Waals surface area (Å²) >= 11 is 5.87. The second-order valence-electron chi connectivity index (χ2n) is 4.13. The first kappa shape index (κ1) is 12.7. The molecule has 2 aromatic heterocycles. The van der Waals surface area contributed by atoms with Crippen LogP contribution >= 0.6 is 11.6 Å². The van der Waals surface area contributed by atoms with Crippen LogP contribution in [0.2, 0.25) is 5.02 Å². The van der Waals surface area contributed by atoms with Crippen molar-refractivity contribution < 1.29 is 9.13 Å². The monoisotopic (exact) mass is 292 g/mol. The lowest BCUT2D eigenvalue weighted by molar-refractivity contribution is 0.399. The Bertz CT molecular complexity index is 782. The molecule has 0 unspecified atom stereocenters. The Kier molecular flexibility index (Phi) is 2.94. The first-order valence-electron chi connectivity index (χ1n) is 5.74. The molecule has 0 bridgehead atoms. The third-order valence-electron chi connectivity index (χ3n) is 2.82. The van der Waals surface area contributed by atoms with Gasteiger partial charge in [0.1, 0.15) is 11.3 Å². The predicted molar refractivity (Wildman–Crippen MR) is 74.8 cm³/mol. The number of imidazole rings is 1. The average molecular weight is 293 g/mol. The van der Waals surface area contributed by atoms with Crippen molar-refractivity contribution in [3.63, 3.8) is 0 Å². The van der Waals surface area contributed by atoms with Crippen molar-refractivity contribution >= 4 is 28.7 Å². The van der Waals surface area contributed by atoms with E-state index in [1.165, 1.54) is 23.8 Å². The summed E-state index contributed by atoms with van der Waals surface area (Å²) in [6, 6.07) is 7.52. The second-order valence-corrected chi connectivity index (χ2v) is 4.57. The van der Waals surface area contributed by atoms with Crippen molar-refractivity contribution in [2.45, 2.75) is 0 Å². The van der Waals surface area contributed by atoms with Gasteiger partial charge in [0.2, 0.25) is 11.8 Å². The number of anilines is 1. The molecule has 0 atom stereocenters. The molecule has 0 spiro atoms. The Morgan fingerprint density at radius 1 is 1.25 bits per heavy atom. The number of nitrogens with two attached hydrogens (primary N) is 1. The van der Waals surface area contributed by atoms with Gasteiger partial charge in [-0.2, -0.15) is 4.98 Å². The van der Waals surface area contributed by atoms with E-state index in [0.717, 1.165) is 0 Å². The SMILES string of the molecule is COc1ccc2nc(N)n(-c3cc(F)cc(Cl)c3)c2n1. The maximum atomic E-state index is 13.5. The second kappa shape index (κ2) is 4.64. The van der Waals surface area contributed by atoms with E-state index in [2.05, 4.69) is 9.97 Å². The van der Waals surface area contributed by atoms with Gasteiger partial charge in [0, 0.05) is 11.1 Å². The normalized spacial score (nSPS) is 10.9. The van der Waals surface area contributed by atoms with Crippen molar-refractivity contribution in [3.8, 4) is 11.6 Å². The number of halogens is 2. The van der Waals surface area contributed by atoms with Gasteiger partial charge >= 0.3 is 0 Å². The quantitative estimate of drug-likeness (QED) is 0.789. The number of benzene rings is 1. The number of nitrogens with zero attached hydrogens (tertiary/aromatic N) is 3. The molecule has 0 saturated heterocycles. The van der Waals surface area contributed by atoms with Crippen LogP contribution in [0.3, 0.4) is 0 Å². The van der Waals surface area contributed by atoms with Gasteiger partial charge in [-0.3, -0.25) is 4.57 Å². The zero-order chi connectivity index (χ0) is 14.3. The van der Waals surface area contributed by atoms with Crippen molar-refractivity contribution in [1.29, 1.82) is 0 Å². The fraction of sp³-hybridized carbons (Fsp3) is 0.0769. The highest BCUT2D eigenvalue weighted by atomic mass is 35.5. The van der Waals surface area contributed by atoms with Crippen LogP contribution in [-0.2, 0) is 0 Å². The van der Waals surface area contributed by atoms with Crippen molar-refractivity contribution in [2.24, 2.45) is 0 Å². The zero-order valence-corrected chi connectivity index (χ0v) is 11.2. The van der Waals surface area contributed by atoms with Crippen LogP contribution in [0.5, 0.6) is 5.88 Å². The van der Waals surface area contributed by atoms with Crippen molar-refractivity contribution in [3.05, 3.63) is 41.2 Å². The van der Waals surface area contributed by atoms with Gasteiger partial charge in [-0.25, -0.2) is 9.37 Å². The maximum Gasteiger partial charge on any atom is 0.215 e. The molecule has 1 aromatic carbocycles. The minimum atomic E-state index is -0.461. The maximum absolute atomic E-state index is 13.5. The lowest BCUT2D eigenvalue weighted by Crippen LogP contribution is -2.02. The Balaban J connectivity index is 2.31. The van der Waals surface area contributed by atoms with Crippen molar-refractivity contribution in [2.75, 3.05) is 12.8 Å². The summed E-state index contributed by atoms with van der Waals surface area (Å²) in [7, 11) is 1.51. The highest BCUT2D eigenvalue weighted by Crippen LogP contribution is 2.26. The molecule has 2 heterocycles. The molecule has 0 saturated carbocycles. The fourth-order valence-corrected chi connectivity index (χ4v) is 2.21. The third kappa shape index (κ3) is 2.04. The summed E-state index contributed by atoms with van der Waals surface area (Å²) in [4.78, 5) is 8.46. The van der Waals surface area contributed by atoms with Crippen LogP contribution in [0.1, 0.15) is 0 Å². The van der Waals surface area contributed by atoms with Gasteiger partial charge in [-0.1, -0.05) is 11.6 Å². The van der Waals surface area contributed by atoms with Gasteiger partial charge < -0.3 is 10.5 Å². The van der Waals surface area contributed by atoms with Gasteiger partial charge in [0.25, 0.3) is 0 Å². The van der Waals surface area contributed by atoms with E-state index in [0.29, 0.717) is 22.7 Å². The number of fused-ring (bicyclic) bond motifs is 1. The molecular formula is C13H10ClFN4O. The van der Waals surface area contributed by atoms with E-state index < -0.39 is 5.82 Å². The van der Waals surface area contributed by atoms with Gasteiger partial charge in [-0.05, 0) is 24.3 Å². The molecular weight excluding hydrogens is 283 g/mol. The summed E-state index contributed by atoms with van der Waals surface area (Å²) in [6.45, 7) is 0. The molecule has 2 N–H and O–H groups in total. The topological polar surface area (TPSA) is 66.0 Å². The van der Waals surface area contributed by atoms with Gasteiger partial charge in [-0.15, -0.1) is 0 Å². The minimum absolute atomic E-state index is 0.197. The van der Waals surface area contributed by atoms with Gasteiger partial charge in [0.05, 0.1) is 12.8 Å². The lowest BCUT2D eigenvalue weighted by atomic mass is 10.3. The van der Waals surface area contributed by atoms with Crippen LogP contribution in [-0.4, -0.2) is 21.6 Å². The first-order valence-corrected chi connectivity index (χ1v) is 6.11. The average Bonchev–Trinajstić information content (AvgIpc) is 2.72. The fourth-order valence-electron chi connectivity index (χ4n) is 1.99. The molecule has 3 rings (SSSR count). The molecule has 20 heavy (non-hydrogen) atoms. The van der Waals surface area contributed by atoms with E-state index >= 15 is 0 Å². The standard InChI is InChI=1S/C13H10ClFN4O/c1-20-11-3-2-10-12(18-11)19(13(16)17-10)9-5-7(14)4-8(15)6-9/h2-6H,1H3,(H2,16,17).